The molecule has 1 aromatic carbocycles. The number of methoxy groups -OCH3 is 1. The summed E-state index contributed by atoms with van der Waals surface area (Å²) in [4.78, 5) is 16.8. The first-order valence-electron chi connectivity index (χ1n) is 9.16. The highest BCUT2D eigenvalue weighted by atomic mass is 16.5. The van der Waals surface area contributed by atoms with Crippen LogP contribution in [0.5, 0.6) is 0 Å². The van der Waals surface area contributed by atoms with E-state index in [2.05, 4.69) is 10.2 Å². The molecule has 0 unspecified atom stereocenters. The highest BCUT2D eigenvalue weighted by Crippen LogP contribution is 2.24. The normalized spacial score (nSPS) is 24.4. The minimum absolute atomic E-state index is 0.00592. The Hall–Kier alpha value is -1.63. The molecule has 2 heterocycles. The largest absolute Gasteiger partial charge is 0.383 e. The maximum absolute atomic E-state index is 12.5. The van der Waals surface area contributed by atoms with Gasteiger partial charge < -0.3 is 19.7 Å². The number of carbonyl (C=O) groups is 1. The number of urea groups is 1. The number of hydrogen-bond donors (Lipinski definition) is 1. The van der Waals surface area contributed by atoms with Gasteiger partial charge in [0.1, 0.15) is 0 Å². The molecule has 0 spiro atoms. The second-order valence-corrected chi connectivity index (χ2v) is 6.84. The van der Waals surface area contributed by atoms with E-state index in [0.717, 1.165) is 51.4 Å². The molecule has 0 bridgehead atoms. The number of likely N-dealkylation sites (tertiary alicyclic amines) is 1. The topological polar surface area (TPSA) is 54.0 Å². The van der Waals surface area contributed by atoms with Crippen molar-refractivity contribution in [3.05, 3.63) is 35.9 Å². The molecule has 2 fully saturated rings. The Bertz CT molecular complexity index is 540. The van der Waals surface area contributed by atoms with E-state index in [4.69, 9.17) is 9.47 Å². The number of nitrogens with one attached hydrogen (secondary N) is 1. The SMILES string of the molecule is COCCN1CCO[C@@H]2CN(C(=O)NCc3ccccc3)CC[C@@H]2C1. The Labute approximate surface area is 150 Å². The smallest absolute Gasteiger partial charge is 0.317 e. The Kier molecular flexibility index (Phi) is 6.67. The molecular weight excluding hydrogens is 318 g/mol. The molecular formula is C19H29N3O3. The molecule has 2 atom stereocenters. The Balaban J connectivity index is 1.48. The van der Waals surface area contributed by atoms with Crippen LogP contribution >= 0.6 is 0 Å². The third-order valence-electron chi connectivity index (χ3n) is 5.11. The van der Waals surface area contributed by atoms with Crippen molar-refractivity contribution in [2.45, 2.75) is 19.1 Å². The predicted molar refractivity (Wildman–Crippen MR) is 96.4 cm³/mol. The predicted octanol–water partition coefficient (Wildman–Crippen LogP) is 1.57. The van der Waals surface area contributed by atoms with Gasteiger partial charge in [0, 0.05) is 52.3 Å². The summed E-state index contributed by atoms with van der Waals surface area (Å²) in [6, 6.07) is 10.0. The van der Waals surface area contributed by atoms with Gasteiger partial charge >= 0.3 is 6.03 Å². The van der Waals surface area contributed by atoms with Crippen molar-refractivity contribution in [1.29, 1.82) is 0 Å². The number of nitrogens with zero attached hydrogens (tertiary/aromatic N) is 2. The molecule has 6 nitrogen and oxygen atoms in total. The first-order chi connectivity index (χ1) is 12.3. The number of amides is 2. The molecule has 6 heteroatoms. The second kappa shape index (κ2) is 9.17. The van der Waals surface area contributed by atoms with Crippen molar-refractivity contribution < 1.29 is 14.3 Å². The quantitative estimate of drug-likeness (QED) is 0.878. The van der Waals surface area contributed by atoms with Gasteiger partial charge in [-0.25, -0.2) is 4.79 Å². The van der Waals surface area contributed by atoms with Crippen LogP contribution < -0.4 is 5.32 Å². The maximum atomic E-state index is 12.5. The molecule has 25 heavy (non-hydrogen) atoms. The van der Waals surface area contributed by atoms with Gasteiger partial charge in [-0.1, -0.05) is 30.3 Å². The first-order valence-corrected chi connectivity index (χ1v) is 9.16. The van der Waals surface area contributed by atoms with Gasteiger partial charge in [0.2, 0.25) is 0 Å². The summed E-state index contributed by atoms with van der Waals surface area (Å²) in [5.41, 5.74) is 1.12. The highest BCUT2D eigenvalue weighted by molar-refractivity contribution is 5.74. The van der Waals surface area contributed by atoms with Crippen LogP contribution in [0.4, 0.5) is 4.79 Å². The maximum Gasteiger partial charge on any atom is 0.317 e. The Morgan fingerprint density at radius 2 is 2.12 bits per heavy atom. The van der Waals surface area contributed by atoms with Crippen LogP contribution in [0.2, 0.25) is 0 Å². The van der Waals surface area contributed by atoms with Crippen LogP contribution in [0, 0.1) is 5.92 Å². The summed E-state index contributed by atoms with van der Waals surface area (Å²) in [6.45, 7) is 6.45. The molecule has 138 valence electrons. The number of carbonyl (C=O) groups excluding carboxylic acids is 1. The summed E-state index contributed by atoms with van der Waals surface area (Å²) < 4.78 is 11.2. The van der Waals surface area contributed by atoms with Gasteiger partial charge in [0.25, 0.3) is 0 Å². The molecule has 0 saturated carbocycles. The molecule has 2 aliphatic heterocycles. The van der Waals surface area contributed by atoms with E-state index in [-0.39, 0.29) is 12.1 Å². The van der Waals surface area contributed by atoms with Gasteiger partial charge in [-0.2, -0.15) is 0 Å². The molecule has 2 saturated heterocycles. The van der Waals surface area contributed by atoms with E-state index in [1.807, 2.05) is 35.2 Å². The molecule has 1 aromatic rings. The number of rotatable bonds is 5. The van der Waals surface area contributed by atoms with E-state index in [1.165, 1.54) is 0 Å². The number of fused-ring (bicyclic) bond motifs is 1. The van der Waals surface area contributed by atoms with E-state index < -0.39 is 0 Å². The Morgan fingerprint density at radius 3 is 2.92 bits per heavy atom. The molecule has 1 N–H and O–H groups in total. The van der Waals surface area contributed by atoms with Crippen molar-refractivity contribution in [3.63, 3.8) is 0 Å². The molecule has 0 aromatic heterocycles. The number of hydrogen-bond acceptors (Lipinski definition) is 4. The molecule has 2 amide bonds. The number of piperidine rings is 1. The summed E-state index contributed by atoms with van der Waals surface area (Å²) in [7, 11) is 1.74. The fourth-order valence-corrected chi connectivity index (χ4v) is 3.61. The van der Waals surface area contributed by atoms with Crippen molar-refractivity contribution in [2.75, 3.05) is 53.0 Å². The zero-order valence-corrected chi connectivity index (χ0v) is 15.0. The first kappa shape index (κ1) is 18.2. The minimum atomic E-state index is 0.00592. The van der Waals surface area contributed by atoms with Crippen molar-refractivity contribution in [3.8, 4) is 0 Å². The van der Waals surface area contributed by atoms with E-state index in [0.29, 0.717) is 19.0 Å². The van der Waals surface area contributed by atoms with E-state index in [1.54, 1.807) is 7.11 Å². The average Bonchev–Trinajstić information content (AvgIpc) is 2.86. The lowest BCUT2D eigenvalue weighted by atomic mass is 9.93. The van der Waals surface area contributed by atoms with E-state index >= 15 is 0 Å². The third-order valence-corrected chi connectivity index (χ3v) is 5.11. The van der Waals surface area contributed by atoms with E-state index in [9.17, 15) is 4.79 Å². The minimum Gasteiger partial charge on any atom is -0.383 e. The summed E-state index contributed by atoms with van der Waals surface area (Å²) in [5, 5.41) is 3.02. The van der Waals surface area contributed by atoms with Crippen molar-refractivity contribution in [1.82, 2.24) is 15.1 Å². The van der Waals surface area contributed by atoms with Crippen molar-refractivity contribution in [2.24, 2.45) is 5.92 Å². The molecule has 0 radical (unpaired) electrons. The third kappa shape index (κ3) is 5.17. The standard InChI is InChI=1S/C19H29N3O3/c1-24-11-9-21-10-12-25-18-15-22(8-7-17(18)14-21)19(23)20-13-16-5-3-2-4-6-16/h2-6,17-18H,7-15H2,1H3,(H,20,23)/t17-,18-/m1/s1. The lowest BCUT2D eigenvalue weighted by Gasteiger charge is -2.38. The summed E-state index contributed by atoms with van der Waals surface area (Å²) in [6.07, 6.45) is 1.14. The van der Waals surface area contributed by atoms with Crippen LogP contribution in [-0.4, -0.2) is 75.0 Å². The van der Waals surface area contributed by atoms with Crippen LogP contribution in [0.25, 0.3) is 0 Å². The second-order valence-electron chi connectivity index (χ2n) is 6.84. The van der Waals surface area contributed by atoms with Crippen LogP contribution in [0.15, 0.2) is 30.3 Å². The molecule has 0 aliphatic carbocycles. The van der Waals surface area contributed by atoms with Gasteiger partial charge in [-0.05, 0) is 12.0 Å². The molecule has 2 aliphatic rings. The number of benzene rings is 1. The fourth-order valence-electron chi connectivity index (χ4n) is 3.61. The summed E-state index contributed by atoms with van der Waals surface area (Å²) >= 11 is 0. The average molecular weight is 347 g/mol. The Morgan fingerprint density at radius 1 is 1.28 bits per heavy atom. The van der Waals surface area contributed by atoms with Crippen molar-refractivity contribution >= 4 is 6.03 Å². The fraction of sp³-hybridized carbons (Fsp3) is 0.632. The lowest BCUT2D eigenvalue weighted by Crippen LogP contribution is -2.51. The van der Waals surface area contributed by atoms with Gasteiger partial charge in [-0.3, -0.25) is 4.90 Å². The highest BCUT2D eigenvalue weighted by Gasteiger charge is 2.34. The monoisotopic (exact) mass is 347 g/mol. The van der Waals surface area contributed by atoms with Crippen LogP contribution in [0.3, 0.4) is 0 Å². The summed E-state index contributed by atoms with van der Waals surface area (Å²) in [5.74, 6) is 0.498. The van der Waals surface area contributed by atoms with Crippen LogP contribution in [0.1, 0.15) is 12.0 Å². The zero-order valence-electron chi connectivity index (χ0n) is 15.0. The van der Waals surface area contributed by atoms with Gasteiger partial charge in [0.15, 0.2) is 0 Å². The van der Waals surface area contributed by atoms with Gasteiger partial charge in [0.05, 0.1) is 19.3 Å². The number of ether oxygens (including phenoxy) is 2. The molecule has 3 rings (SSSR count). The van der Waals surface area contributed by atoms with Gasteiger partial charge in [-0.15, -0.1) is 0 Å². The zero-order chi connectivity index (χ0) is 17.5. The van der Waals surface area contributed by atoms with Crippen LogP contribution in [-0.2, 0) is 16.0 Å². The lowest BCUT2D eigenvalue weighted by molar-refractivity contribution is -0.0111.